The zero-order chi connectivity index (χ0) is 84.7. The van der Waals surface area contributed by atoms with Gasteiger partial charge in [-0.2, -0.15) is 11.8 Å². The number of rotatable bonds is 63. The van der Waals surface area contributed by atoms with Crippen LogP contribution in [0, 0.1) is 0 Å². The summed E-state index contributed by atoms with van der Waals surface area (Å²) in [5, 5.41) is 39.5. The van der Waals surface area contributed by atoms with E-state index >= 15 is 0 Å². The van der Waals surface area contributed by atoms with Crippen LogP contribution >= 0.6 is 23.4 Å². The van der Waals surface area contributed by atoms with Crippen molar-refractivity contribution >= 4 is 93.2 Å². The molecule has 0 radical (unpaired) electrons. The molecule has 1 aliphatic carbocycles. The molecule has 118 heavy (non-hydrogen) atoms. The molecule has 4 unspecified atom stereocenters. The molecule has 3 aromatic carbocycles. The van der Waals surface area contributed by atoms with Crippen molar-refractivity contribution in [3.8, 4) is 22.5 Å². The van der Waals surface area contributed by atoms with Crippen molar-refractivity contribution in [2.75, 3.05) is 235 Å². The first-order valence-electron chi connectivity index (χ1n) is 41.5. The number of nitrogens with zero attached hydrogens (tertiary/aromatic N) is 4. The number of hydrogen-bond acceptors (Lipinski definition) is 21. The van der Waals surface area contributed by atoms with Crippen LogP contribution < -0.4 is 67.6 Å². The third-order valence-corrected chi connectivity index (χ3v) is 21.8. The van der Waals surface area contributed by atoms with Gasteiger partial charge >= 0.3 is 12.0 Å². The molecule has 7 rings (SSSR count). The summed E-state index contributed by atoms with van der Waals surface area (Å²) in [5.74, 6) is -0.891. The summed E-state index contributed by atoms with van der Waals surface area (Å²) in [4.78, 5) is 107. The predicted octanol–water partition coefficient (Wildman–Crippen LogP) is 5.59. The molecule has 2 fully saturated rings. The van der Waals surface area contributed by atoms with E-state index in [-0.39, 0.29) is 92.8 Å². The molecule has 31 nitrogen and oxygen atoms in total. The van der Waals surface area contributed by atoms with Gasteiger partial charge in [0, 0.05) is 162 Å². The number of halogens is 1. The number of thioether (sulfide) groups is 1. The summed E-state index contributed by atoms with van der Waals surface area (Å²) in [6, 6.07) is 24.3. The number of urea groups is 1. The summed E-state index contributed by atoms with van der Waals surface area (Å²) in [5.41, 5.74) is 5.83. The first-order valence-corrected chi connectivity index (χ1v) is 43.1. The van der Waals surface area contributed by atoms with Crippen molar-refractivity contribution in [3.63, 3.8) is 0 Å². The Bertz CT molecular complexity index is 3930. The molecular weight excluding hydrogens is 1560 g/mol. The molecule has 0 saturated carbocycles. The Kier molecular flexibility index (Phi) is 45.0. The van der Waals surface area contributed by atoms with Crippen LogP contribution in [0.15, 0.2) is 83.3 Å². The van der Waals surface area contributed by atoms with Crippen molar-refractivity contribution in [1.29, 1.82) is 0 Å². The SMILES string of the molecule is CN(C)c1ccc2c(-c3ccc(C(=O)NCCCCCC(=O)NC(CCCCNC(=O)COCC(=O)NCCOCCOCCOCCOCCOCCOCCOCCNC(=O)CCCCC4SCC5NC(=O)NC54)C(=O)NCCC[N+](C)(C)CCCNCc4ccc(N(C)CCCl)cc4)cc3C(=O)O)c3ccc(=[N+](C)C)cc-3oc2c1. The monoisotopic (exact) mass is 1690 g/mol. The Morgan fingerprint density at radius 3 is 1.79 bits per heavy atom. The number of benzene rings is 4. The zero-order valence-corrected chi connectivity index (χ0v) is 71.8. The number of nitrogens with one attached hydrogen (secondary N) is 9. The van der Waals surface area contributed by atoms with E-state index in [1.54, 1.807) is 12.1 Å². The first-order chi connectivity index (χ1) is 57.1. The molecule has 0 spiro atoms. The highest BCUT2D eigenvalue weighted by Crippen LogP contribution is 2.42. The normalized spacial score (nSPS) is 14.6. The summed E-state index contributed by atoms with van der Waals surface area (Å²) >= 11 is 7.81. The number of amides is 8. The summed E-state index contributed by atoms with van der Waals surface area (Å²) < 4.78 is 53.3. The fraction of sp³-hybridized carbons (Fsp3) is 0.612. The van der Waals surface area contributed by atoms with E-state index in [0.717, 1.165) is 103 Å². The minimum absolute atomic E-state index is 0.0188. The minimum atomic E-state index is -1.19. The summed E-state index contributed by atoms with van der Waals surface area (Å²) in [7, 11) is 14.1. The highest BCUT2D eigenvalue weighted by molar-refractivity contribution is 8.00. The Hall–Kier alpha value is -8.25. The average Bonchev–Trinajstić information content (AvgIpc) is 1.11. The van der Waals surface area contributed by atoms with E-state index < -0.39 is 29.7 Å². The fourth-order valence-corrected chi connectivity index (χ4v) is 15.3. The molecule has 33 heteroatoms. The fourth-order valence-electron chi connectivity index (χ4n) is 13.5. The number of anilines is 2. The number of alkyl halides is 1. The summed E-state index contributed by atoms with van der Waals surface area (Å²) in [6.07, 6.45) is 8.06. The third kappa shape index (κ3) is 36.4. The van der Waals surface area contributed by atoms with Gasteiger partial charge in [0.15, 0.2) is 0 Å². The Morgan fingerprint density at radius 2 is 1.16 bits per heavy atom. The third-order valence-electron chi connectivity index (χ3n) is 20.2. The standard InChI is InChI=1S/C85H128ClN13O18S/c1-96(2)65-26-29-68-73(56-65)117-74-57-66(97(3)4)27-30-69(74)80(68)67-28-23-63(55-70(67)84(106)107)82(104)91-34-13-8-9-20-77(101)93-71(83(105)92-35-16-40-99(6,7)39-15-32-87-58-62-21-24-64(25-22-62)98(5)38-31-86)17-12-14-33-88-78(102)59-116-60-79(103)90-37-42-110-44-46-112-48-50-114-52-54-115-53-51-113-49-47-111-45-43-109-41-36-89-76(100)19-11-10-18-75-81-72(61-118-75)94-85(108)95-81/h21-30,55-57,71-72,75,81,87H,8-20,31-54,58-61H2,1-7H3,(H7-2,88,89,90,91,92,93,94,95,100,101,102,103,104,105,106,107,108)/p+2. The second-order valence-electron chi connectivity index (χ2n) is 30.4. The number of carboxylic acids is 1. The number of aromatic carboxylic acids is 1. The van der Waals surface area contributed by atoms with E-state index in [9.17, 15) is 43.5 Å². The van der Waals surface area contributed by atoms with E-state index in [4.69, 9.17) is 53.9 Å². The van der Waals surface area contributed by atoms with Crippen LogP contribution in [0.5, 0.6) is 0 Å². The minimum Gasteiger partial charge on any atom is -0.478 e. The van der Waals surface area contributed by atoms with E-state index in [0.29, 0.717) is 178 Å². The van der Waals surface area contributed by atoms with Gasteiger partial charge in [-0.1, -0.05) is 31.0 Å². The molecule has 0 aromatic heterocycles. The van der Waals surface area contributed by atoms with Gasteiger partial charge in [0.05, 0.1) is 143 Å². The molecule has 4 atom stereocenters. The van der Waals surface area contributed by atoms with Crippen LogP contribution in [0.3, 0.4) is 0 Å². The van der Waals surface area contributed by atoms with Gasteiger partial charge in [0.25, 0.3) is 5.91 Å². The maximum absolute atomic E-state index is 13.8. The topological polar surface area (TPSA) is 362 Å². The van der Waals surface area contributed by atoms with Crippen molar-refractivity contribution in [1.82, 2.24) is 52.4 Å². The number of carboxylic acid groups (broad SMARTS) is 1. The number of hydrogen-bond donors (Lipinski definition) is 10. The van der Waals surface area contributed by atoms with E-state index in [1.165, 1.54) is 11.6 Å². The predicted molar refractivity (Wildman–Crippen MR) is 459 cm³/mol. The molecule has 654 valence electrons. The number of carbonyl (C=O) groups excluding carboxylic acids is 7. The second-order valence-corrected chi connectivity index (χ2v) is 32.1. The highest BCUT2D eigenvalue weighted by atomic mass is 35.5. The van der Waals surface area contributed by atoms with Crippen LogP contribution in [0.1, 0.15) is 110 Å². The Morgan fingerprint density at radius 1 is 0.593 bits per heavy atom. The molecule has 4 aliphatic rings. The van der Waals surface area contributed by atoms with Gasteiger partial charge in [0.2, 0.25) is 34.9 Å². The largest absolute Gasteiger partial charge is 0.478 e. The van der Waals surface area contributed by atoms with Gasteiger partial charge in [-0.15, -0.1) is 11.6 Å². The molecular formula is C85H130ClN13O18S+2. The number of quaternary nitrogens is 1. The smallest absolute Gasteiger partial charge is 0.336 e. The van der Waals surface area contributed by atoms with Gasteiger partial charge in [-0.3, -0.25) is 28.8 Å². The second kappa shape index (κ2) is 54.8. The highest BCUT2D eigenvalue weighted by Gasteiger charge is 2.42. The van der Waals surface area contributed by atoms with Crippen molar-refractivity contribution in [2.24, 2.45) is 0 Å². The number of carbonyl (C=O) groups is 8. The maximum atomic E-state index is 13.8. The molecule has 3 aliphatic heterocycles. The number of fused-ring (bicyclic) bond motifs is 3. The molecule has 10 N–H and O–H groups in total. The first kappa shape index (κ1) is 96.9. The van der Waals surface area contributed by atoms with Gasteiger partial charge in [0.1, 0.15) is 44.7 Å². The molecule has 2 saturated heterocycles. The van der Waals surface area contributed by atoms with Gasteiger partial charge in [-0.05, 0) is 98.5 Å². The van der Waals surface area contributed by atoms with Crippen LogP contribution in [-0.2, 0) is 68.4 Å². The number of unbranched alkanes of at least 4 members (excludes halogenated alkanes) is 4. The zero-order valence-electron chi connectivity index (χ0n) is 70.3. The molecule has 3 aromatic rings. The van der Waals surface area contributed by atoms with Crippen molar-refractivity contribution in [2.45, 2.75) is 113 Å². The van der Waals surface area contributed by atoms with Crippen LogP contribution in [0.2, 0.25) is 0 Å². The lowest BCUT2D eigenvalue weighted by Gasteiger charge is -2.30. The quantitative estimate of drug-likeness (QED) is 0.00566. The van der Waals surface area contributed by atoms with E-state index in [1.807, 2.05) is 92.9 Å². The number of ether oxygens (including phenoxy) is 8. The van der Waals surface area contributed by atoms with Gasteiger partial charge in [-0.25, -0.2) is 14.2 Å². The summed E-state index contributed by atoms with van der Waals surface area (Å²) in [6.45, 7) is 10.7. The van der Waals surface area contributed by atoms with Crippen molar-refractivity contribution < 1.29 is 90.3 Å². The lowest BCUT2D eigenvalue weighted by molar-refractivity contribution is -0.890. The molecule has 0 bridgehead atoms. The lowest BCUT2D eigenvalue weighted by Crippen LogP contribution is -2.48. The average molecular weight is 1690 g/mol. The molecule has 8 amide bonds. The maximum Gasteiger partial charge on any atom is 0.336 e. The lowest BCUT2D eigenvalue weighted by atomic mass is 9.89. The Balaban J connectivity index is 0.702. The van der Waals surface area contributed by atoms with Crippen molar-refractivity contribution in [3.05, 3.63) is 101 Å². The van der Waals surface area contributed by atoms with Crippen LogP contribution in [0.4, 0.5) is 16.2 Å². The van der Waals surface area contributed by atoms with Gasteiger partial charge < -0.3 is 110 Å². The van der Waals surface area contributed by atoms with Crippen LogP contribution in [-0.4, -0.2) is 306 Å². The molecule has 3 heterocycles. The van der Waals surface area contributed by atoms with Crippen LogP contribution in [0.25, 0.3) is 33.4 Å². The van der Waals surface area contributed by atoms with E-state index in [2.05, 4.69) is 91.1 Å². The Labute approximate surface area is 704 Å².